The molecule has 0 bridgehead atoms. The van der Waals surface area contributed by atoms with Gasteiger partial charge in [-0.05, 0) is 25.1 Å². The van der Waals surface area contributed by atoms with Gasteiger partial charge in [0.05, 0.1) is 38.6 Å². The summed E-state index contributed by atoms with van der Waals surface area (Å²) in [5, 5.41) is 14.9. The van der Waals surface area contributed by atoms with Crippen LogP contribution in [0.15, 0.2) is 42.6 Å². The Morgan fingerprint density at radius 3 is 2.79 bits per heavy atom. The van der Waals surface area contributed by atoms with Gasteiger partial charge in [0, 0.05) is 23.9 Å². The molecule has 0 aliphatic heterocycles. The van der Waals surface area contributed by atoms with E-state index in [1.54, 1.807) is 23.6 Å². The summed E-state index contributed by atoms with van der Waals surface area (Å²) in [7, 11) is 1.34. The number of fused-ring (bicyclic) bond motifs is 1. The van der Waals surface area contributed by atoms with E-state index in [1.807, 2.05) is 25.1 Å². The minimum absolute atomic E-state index is 0.101. The van der Waals surface area contributed by atoms with Gasteiger partial charge >= 0.3 is 5.69 Å². The zero-order chi connectivity index (χ0) is 20.5. The van der Waals surface area contributed by atoms with Gasteiger partial charge in [0.25, 0.3) is 0 Å². The number of nitrogens with zero attached hydrogens (tertiary/aromatic N) is 4. The minimum atomic E-state index is -0.986. The molecule has 0 saturated heterocycles. The van der Waals surface area contributed by atoms with Crippen LogP contribution in [0.1, 0.15) is 5.01 Å². The highest BCUT2D eigenvalue weighted by atomic mass is 32.1. The van der Waals surface area contributed by atoms with E-state index in [2.05, 4.69) is 20.3 Å². The van der Waals surface area contributed by atoms with E-state index in [0.29, 0.717) is 5.69 Å². The molecule has 0 atom stereocenters. The first kappa shape index (κ1) is 18.7. The molecule has 8 nitrogen and oxygen atoms in total. The molecule has 0 radical (unpaired) electrons. The van der Waals surface area contributed by atoms with E-state index in [9.17, 15) is 14.5 Å². The zero-order valence-corrected chi connectivity index (χ0v) is 16.2. The molecular formula is C19H14FN5O3S. The quantitative estimate of drug-likeness (QED) is 0.369. The zero-order valence-electron chi connectivity index (χ0n) is 15.3. The Morgan fingerprint density at radius 1 is 1.21 bits per heavy atom. The Labute approximate surface area is 168 Å². The molecule has 4 rings (SSSR count). The molecule has 2 aromatic heterocycles. The minimum Gasteiger partial charge on any atom is -0.494 e. The van der Waals surface area contributed by atoms with E-state index in [1.165, 1.54) is 7.11 Å². The van der Waals surface area contributed by atoms with Gasteiger partial charge in [-0.2, -0.15) is 4.39 Å². The lowest BCUT2D eigenvalue weighted by Gasteiger charge is -2.11. The molecule has 0 fully saturated rings. The van der Waals surface area contributed by atoms with Crippen LogP contribution in [0.3, 0.4) is 0 Å². The van der Waals surface area contributed by atoms with Gasteiger partial charge in [0.15, 0.2) is 0 Å². The van der Waals surface area contributed by atoms with E-state index in [-0.39, 0.29) is 17.4 Å². The second kappa shape index (κ2) is 7.40. The SMILES string of the molecule is COc1cc(F)c([N+](=O)[O-])cc1Nc1nccc(-c2ccc3nc(C)sc3c2)n1. The Balaban J connectivity index is 1.70. The fourth-order valence-corrected chi connectivity index (χ4v) is 3.72. The maximum Gasteiger partial charge on any atom is 0.307 e. The second-order valence-electron chi connectivity index (χ2n) is 6.07. The van der Waals surface area contributed by atoms with Crippen molar-refractivity contribution < 1.29 is 14.1 Å². The Morgan fingerprint density at radius 2 is 2.03 bits per heavy atom. The molecule has 146 valence electrons. The lowest BCUT2D eigenvalue weighted by Crippen LogP contribution is -2.02. The van der Waals surface area contributed by atoms with Crippen LogP contribution < -0.4 is 10.1 Å². The first-order chi connectivity index (χ1) is 13.9. The van der Waals surface area contributed by atoms with Crippen LogP contribution in [-0.2, 0) is 0 Å². The monoisotopic (exact) mass is 411 g/mol. The number of nitrogens with one attached hydrogen (secondary N) is 1. The Kier molecular flexibility index (Phi) is 4.77. The summed E-state index contributed by atoms with van der Waals surface area (Å²) in [6.45, 7) is 1.95. The van der Waals surface area contributed by atoms with Crippen molar-refractivity contribution in [1.82, 2.24) is 15.0 Å². The van der Waals surface area contributed by atoms with E-state index >= 15 is 0 Å². The number of anilines is 2. The largest absolute Gasteiger partial charge is 0.494 e. The molecule has 0 unspecified atom stereocenters. The number of hydrogen-bond donors (Lipinski definition) is 1. The number of nitro groups is 1. The van der Waals surface area contributed by atoms with Crippen LogP contribution in [0.25, 0.3) is 21.5 Å². The van der Waals surface area contributed by atoms with Gasteiger partial charge in [-0.3, -0.25) is 10.1 Å². The predicted octanol–water partition coefficient (Wildman–Crippen LogP) is 4.86. The van der Waals surface area contributed by atoms with Crippen molar-refractivity contribution in [3.8, 4) is 17.0 Å². The molecule has 0 spiro atoms. The molecule has 10 heteroatoms. The van der Waals surface area contributed by atoms with E-state index in [0.717, 1.165) is 32.9 Å². The van der Waals surface area contributed by atoms with E-state index in [4.69, 9.17) is 4.74 Å². The van der Waals surface area contributed by atoms with Crippen LogP contribution >= 0.6 is 11.3 Å². The first-order valence-electron chi connectivity index (χ1n) is 8.44. The number of aromatic nitrogens is 3. The van der Waals surface area contributed by atoms with Crippen LogP contribution in [0.4, 0.5) is 21.7 Å². The summed E-state index contributed by atoms with van der Waals surface area (Å²) in [6.07, 6.45) is 1.57. The average molecular weight is 411 g/mol. The summed E-state index contributed by atoms with van der Waals surface area (Å²) in [6, 6.07) is 9.59. The standard InChI is InChI=1S/C19H14FN5O3S/c1-10-22-14-4-3-11(7-18(14)29-10)13-5-6-21-19(23-13)24-15-9-16(25(26)27)12(20)8-17(15)28-2/h3-9H,1-2H3,(H,21,23,24). The molecular weight excluding hydrogens is 397 g/mol. The third-order valence-electron chi connectivity index (χ3n) is 4.16. The second-order valence-corrected chi connectivity index (χ2v) is 7.30. The number of methoxy groups -OCH3 is 1. The number of benzene rings is 2. The van der Waals surface area contributed by atoms with Crippen molar-refractivity contribution in [1.29, 1.82) is 0 Å². The summed E-state index contributed by atoms with van der Waals surface area (Å²) in [5.41, 5.74) is 1.98. The molecule has 2 aromatic carbocycles. The molecule has 0 aliphatic rings. The smallest absolute Gasteiger partial charge is 0.307 e. The topological polar surface area (TPSA) is 103 Å². The normalized spacial score (nSPS) is 10.9. The number of thiazole rings is 1. The fraction of sp³-hybridized carbons (Fsp3) is 0.105. The maximum atomic E-state index is 13.8. The highest BCUT2D eigenvalue weighted by Gasteiger charge is 2.19. The van der Waals surface area contributed by atoms with Gasteiger partial charge in [-0.1, -0.05) is 6.07 Å². The van der Waals surface area contributed by atoms with Gasteiger partial charge in [-0.25, -0.2) is 15.0 Å². The highest BCUT2D eigenvalue weighted by Crippen LogP contribution is 2.33. The van der Waals surface area contributed by atoms with Crippen LogP contribution in [0.2, 0.25) is 0 Å². The molecule has 0 amide bonds. The third-order valence-corrected chi connectivity index (χ3v) is 5.09. The van der Waals surface area contributed by atoms with Gasteiger partial charge in [0.1, 0.15) is 5.75 Å². The number of nitro benzene ring substituents is 1. The molecule has 1 N–H and O–H groups in total. The van der Waals surface area contributed by atoms with Crippen molar-refractivity contribution in [2.75, 3.05) is 12.4 Å². The Hall–Kier alpha value is -3.66. The van der Waals surface area contributed by atoms with Gasteiger partial charge in [0.2, 0.25) is 11.8 Å². The Bertz CT molecular complexity index is 1240. The molecule has 4 aromatic rings. The summed E-state index contributed by atoms with van der Waals surface area (Å²) in [4.78, 5) is 23.3. The summed E-state index contributed by atoms with van der Waals surface area (Å²) < 4.78 is 20.0. The van der Waals surface area contributed by atoms with E-state index < -0.39 is 16.4 Å². The number of aryl methyl sites for hydroxylation is 1. The van der Waals surface area contributed by atoms with Crippen molar-refractivity contribution in [2.45, 2.75) is 6.92 Å². The lowest BCUT2D eigenvalue weighted by molar-refractivity contribution is -0.387. The van der Waals surface area contributed by atoms with Crippen molar-refractivity contribution in [3.63, 3.8) is 0 Å². The number of ether oxygens (including phenoxy) is 1. The first-order valence-corrected chi connectivity index (χ1v) is 9.26. The fourth-order valence-electron chi connectivity index (χ4n) is 2.85. The molecule has 29 heavy (non-hydrogen) atoms. The van der Waals surface area contributed by atoms with Crippen LogP contribution in [0.5, 0.6) is 5.75 Å². The maximum absolute atomic E-state index is 13.8. The lowest BCUT2D eigenvalue weighted by atomic mass is 10.1. The average Bonchev–Trinajstić information content (AvgIpc) is 3.08. The van der Waals surface area contributed by atoms with Crippen LogP contribution in [-0.4, -0.2) is 27.0 Å². The number of rotatable bonds is 5. The molecule has 2 heterocycles. The van der Waals surface area contributed by atoms with Gasteiger partial charge in [-0.15, -0.1) is 11.3 Å². The molecule has 0 saturated carbocycles. The van der Waals surface area contributed by atoms with Crippen molar-refractivity contribution in [3.05, 3.63) is 63.5 Å². The summed E-state index contributed by atoms with van der Waals surface area (Å²) >= 11 is 1.59. The number of hydrogen-bond acceptors (Lipinski definition) is 8. The predicted molar refractivity (Wildman–Crippen MR) is 108 cm³/mol. The highest BCUT2D eigenvalue weighted by molar-refractivity contribution is 7.18. The van der Waals surface area contributed by atoms with Crippen molar-refractivity contribution >= 4 is 38.9 Å². The van der Waals surface area contributed by atoms with Crippen LogP contribution in [0, 0.1) is 22.9 Å². The van der Waals surface area contributed by atoms with Gasteiger partial charge < -0.3 is 10.1 Å². The number of halogens is 1. The van der Waals surface area contributed by atoms with Crippen molar-refractivity contribution in [2.24, 2.45) is 0 Å². The third kappa shape index (κ3) is 3.69. The molecule has 0 aliphatic carbocycles. The summed E-state index contributed by atoms with van der Waals surface area (Å²) in [5.74, 6) is -0.689.